The van der Waals surface area contributed by atoms with E-state index in [9.17, 15) is 18.0 Å². The van der Waals surface area contributed by atoms with Crippen molar-refractivity contribution in [1.29, 1.82) is 0 Å². The largest absolute Gasteiger partial charge is 0.487 e. The Bertz CT molecular complexity index is 871. The number of anilines is 1. The number of hydrogen-bond donors (Lipinski definition) is 2. The first-order valence-electron chi connectivity index (χ1n) is 9.43. The van der Waals surface area contributed by atoms with E-state index >= 15 is 0 Å². The summed E-state index contributed by atoms with van der Waals surface area (Å²) in [5.74, 6) is 0.0729. The van der Waals surface area contributed by atoms with Crippen LogP contribution in [0.3, 0.4) is 0 Å². The molecule has 1 aromatic carbocycles. The quantitative estimate of drug-likeness (QED) is 0.743. The first-order valence-corrected chi connectivity index (χ1v) is 11.3. The molecule has 0 spiro atoms. The molecule has 2 atom stereocenters. The summed E-state index contributed by atoms with van der Waals surface area (Å²) in [6.45, 7) is 6.52. The summed E-state index contributed by atoms with van der Waals surface area (Å²) in [5.41, 5.74) is 0.558. The minimum atomic E-state index is -3.47. The van der Waals surface area contributed by atoms with Crippen molar-refractivity contribution in [2.45, 2.75) is 32.9 Å². The van der Waals surface area contributed by atoms with E-state index in [-0.39, 0.29) is 41.3 Å². The van der Waals surface area contributed by atoms with Gasteiger partial charge in [0.15, 0.2) is 0 Å². The highest BCUT2D eigenvalue weighted by molar-refractivity contribution is 7.92. The van der Waals surface area contributed by atoms with E-state index < -0.39 is 10.0 Å². The van der Waals surface area contributed by atoms with Gasteiger partial charge in [0.2, 0.25) is 10.0 Å². The Morgan fingerprint density at radius 3 is 2.62 bits per heavy atom. The van der Waals surface area contributed by atoms with Crippen molar-refractivity contribution in [3.8, 4) is 5.75 Å². The Kier molecular flexibility index (Phi) is 6.99. The molecule has 2 rings (SSSR count). The zero-order chi connectivity index (χ0) is 21.9. The van der Waals surface area contributed by atoms with Crippen molar-refractivity contribution in [2.75, 3.05) is 38.2 Å². The van der Waals surface area contributed by atoms with E-state index in [1.54, 1.807) is 36.0 Å². The number of sulfonamides is 1. The van der Waals surface area contributed by atoms with Crippen LogP contribution in [-0.4, -0.2) is 75.7 Å². The van der Waals surface area contributed by atoms with Gasteiger partial charge in [0, 0.05) is 38.3 Å². The molecule has 2 N–H and O–H groups in total. The van der Waals surface area contributed by atoms with Crippen molar-refractivity contribution in [3.63, 3.8) is 0 Å². The molecule has 162 valence electrons. The minimum absolute atomic E-state index is 0.0193. The van der Waals surface area contributed by atoms with E-state index in [4.69, 9.17) is 4.74 Å². The summed E-state index contributed by atoms with van der Waals surface area (Å²) < 4.78 is 31.5. The van der Waals surface area contributed by atoms with E-state index in [0.717, 1.165) is 6.26 Å². The number of amides is 3. The Balaban J connectivity index is 2.31. The van der Waals surface area contributed by atoms with E-state index in [1.807, 2.05) is 20.8 Å². The lowest BCUT2D eigenvalue weighted by Crippen LogP contribution is -2.49. The molecule has 0 fully saturated rings. The van der Waals surface area contributed by atoms with Crippen LogP contribution in [0.5, 0.6) is 5.75 Å². The standard InChI is InChI=1S/C19H30N4O5S/c1-12(2)20-19(25)23(5)11-17-13(3)10-22(4)18(24)15-9-14(21-29(6,26)27)7-8-16(15)28-17/h7-9,12-13,17,21H,10-11H2,1-6H3,(H,20,25)/t13-,17+/m0/s1. The average molecular weight is 427 g/mol. The summed E-state index contributed by atoms with van der Waals surface area (Å²) >= 11 is 0. The zero-order valence-electron chi connectivity index (χ0n) is 17.7. The molecule has 0 radical (unpaired) electrons. The highest BCUT2D eigenvalue weighted by atomic mass is 32.2. The highest BCUT2D eigenvalue weighted by Crippen LogP contribution is 2.29. The fraction of sp³-hybridized carbons (Fsp3) is 0.579. The van der Waals surface area contributed by atoms with Gasteiger partial charge in [-0.3, -0.25) is 9.52 Å². The van der Waals surface area contributed by atoms with Crippen molar-refractivity contribution >= 4 is 27.6 Å². The second kappa shape index (κ2) is 8.89. The fourth-order valence-electron chi connectivity index (χ4n) is 3.12. The molecule has 0 saturated carbocycles. The minimum Gasteiger partial charge on any atom is -0.487 e. The predicted octanol–water partition coefficient (Wildman–Crippen LogP) is 1.58. The summed E-state index contributed by atoms with van der Waals surface area (Å²) in [6, 6.07) is 4.41. The molecule has 0 aliphatic carbocycles. The number of hydrogen-bond acceptors (Lipinski definition) is 5. The molecule has 0 bridgehead atoms. The molecule has 29 heavy (non-hydrogen) atoms. The molecule has 1 aromatic rings. The Hall–Kier alpha value is -2.49. The number of likely N-dealkylation sites (N-methyl/N-ethyl adjacent to an activating group) is 1. The van der Waals surface area contributed by atoms with Crippen molar-refractivity contribution in [1.82, 2.24) is 15.1 Å². The van der Waals surface area contributed by atoms with E-state index in [0.29, 0.717) is 18.8 Å². The van der Waals surface area contributed by atoms with Crippen molar-refractivity contribution in [3.05, 3.63) is 23.8 Å². The maximum Gasteiger partial charge on any atom is 0.317 e. The molecule has 1 aliphatic rings. The van der Waals surface area contributed by atoms with E-state index in [1.165, 1.54) is 6.07 Å². The van der Waals surface area contributed by atoms with Gasteiger partial charge >= 0.3 is 6.03 Å². The van der Waals surface area contributed by atoms with Crippen LogP contribution in [0.15, 0.2) is 18.2 Å². The SMILES string of the molecule is CC(C)NC(=O)N(C)C[C@H]1Oc2ccc(NS(C)(=O)=O)cc2C(=O)N(C)C[C@@H]1C. The molecular weight excluding hydrogens is 396 g/mol. The number of nitrogens with zero attached hydrogens (tertiary/aromatic N) is 2. The summed E-state index contributed by atoms with van der Waals surface area (Å²) in [4.78, 5) is 28.2. The Morgan fingerprint density at radius 1 is 1.38 bits per heavy atom. The summed E-state index contributed by atoms with van der Waals surface area (Å²) in [7, 11) is -0.0857. The van der Waals surface area contributed by atoms with Gasteiger partial charge in [0.25, 0.3) is 5.91 Å². The molecule has 10 heteroatoms. The molecule has 1 aliphatic heterocycles. The number of ether oxygens (including phenoxy) is 1. The molecule has 0 aromatic heterocycles. The summed E-state index contributed by atoms with van der Waals surface area (Å²) in [5, 5.41) is 2.84. The maximum absolute atomic E-state index is 12.8. The Morgan fingerprint density at radius 2 is 2.03 bits per heavy atom. The van der Waals surface area contributed by atoms with Crippen molar-refractivity contribution < 1.29 is 22.7 Å². The first kappa shape index (κ1) is 22.8. The molecule has 0 unspecified atom stereocenters. The van der Waals surface area contributed by atoms with Crippen LogP contribution in [0.1, 0.15) is 31.1 Å². The monoisotopic (exact) mass is 426 g/mol. The van der Waals surface area contributed by atoms with Crippen LogP contribution in [0.25, 0.3) is 0 Å². The lowest BCUT2D eigenvalue weighted by Gasteiger charge is -2.35. The number of rotatable bonds is 5. The summed E-state index contributed by atoms with van der Waals surface area (Å²) in [6.07, 6.45) is 0.699. The van der Waals surface area contributed by atoms with Gasteiger partial charge in [0.1, 0.15) is 11.9 Å². The van der Waals surface area contributed by atoms with Crippen LogP contribution < -0.4 is 14.8 Å². The fourth-order valence-corrected chi connectivity index (χ4v) is 3.68. The van der Waals surface area contributed by atoms with Gasteiger partial charge in [-0.2, -0.15) is 0 Å². The topological polar surface area (TPSA) is 108 Å². The van der Waals surface area contributed by atoms with Gasteiger partial charge in [-0.25, -0.2) is 13.2 Å². The molecule has 1 heterocycles. The van der Waals surface area contributed by atoms with Crippen LogP contribution in [0.2, 0.25) is 0 Å². The van der Waals surface area contributed by atoms with Gasteiger partial charge < -0.3 is 19.9 Å². The van der Waals surface area contributed by atoms with Crippen LogP contribution >= 0.6 is 0 Å². The molecule has 3 amide bonds. The molecular formula is C19H30N4O5S. The van der Waals surface area contributed by atoms with Crippen molar-refractivity contribution in [2.24, 2.45) is 5.92 Å². The first-order chi connectivity index (χ1) is 13.4. The lowest BCUT2D eigenvalue weighted by atomic mass is 10.0. The second-order valence-corrected chi connectivity index (χ2v) is 9.64. The van der Waals surface area contributed by atoms with Gasteiger partial charge in [-0.05, 0) is 32.0 Å². The predicted molar refractivity (Wildman–Crippen MR) is 112 cm³/mol. The molecule has 0 saturated heterocycles. The van der Waals surface area contributed by atoms with Gasteiger partial charge in [0.05, 0.1) is 18.4 Å². The number of nitrogens with one attached hydrogen (secondary N) is 2. The average Bonchev–Trinajstić information content (AvgIpc) is 2.58. The normalized spacial score (nSPS) is 19.7. The Labute approximate surface area is 172 Å². The van der Waals surface area contributed by atoms with Crippen LogP contribution in [0, 0.1) is 5.92 Å². The third kappa shape index (κ3) is 6.25. The highest BCUT2D eigenvalue weighted by Gasteiger charge is 2.31. The van der Waals surface area contributed by atoms with E-state index in [2.05, 4.69) is 10.0 Å². The third-order valence-electron chi connectivity index (χ3n) is 4.55. The number of fused-ring (bicyclic) bond motifs is 1. The number of benzene rings is 1. The molecule has 9 nitrogen and oxygen atoms in total. The number of carbonyl (C=O) groups is 2. The zero-order valence-corrected chi connectivity index (χ0v) is 18.5. The smallest absolute Gasteiger partial charge is 0.317 e. The van der Waals surface area contributed by atoms with Gasteiger partial charge in [-0.1, -0.05) is 6.92 Å². The number of urea groups is 1. The van der Waals surface area contributed by atoms with Gasteiger partial charge in [-0.15, -0.1) is 0 Å². The lowest BCUT2D eigenvalue weighted by molar-refractivity contribution is 0.0577. The van der Waals surface area contributed by atoms with Crippen LogP contribution in [-0.2, 0) is 10.0 Å². The third-order valence-corrected chi connectivity index (χ3v) is 5.15. The van der Waals surface area contributed by atoms with Crippen LogP contribution in [0.4, 0.5) is 10.5 Å². The number of carbonyl (C=O) groups excluding carboxylic acids is 2. The maximum atomic E-state index is 12.8. The second-order valence-electron chi connectivity index (χ2n) is 7.89.